The van der Waals surface area contributed by atoms with Gasteiger partial charge in [-0.25, -0.2) is 4.98 Å². The first-order valence-corrected chi connectivity index (χ1v) is 5.60. The van der Waals surface area contributed by atoms with Gasteiger partial charge in [-0.1, -0.05) is 6.42 Å². The highest BCUT2D eigenvalue weighted by molar-refractivity contribution is 6.05. The number of imidazole rings is 1. The minimum atomic E-state index is -0.0459. The summed E-state index contributed by atoms with van der Waals surface area (Å²) >= 11 is 0. The van der Waals surface area contributed by atoms with Gasteiger partial charge in [0.1, 0.15) is 0 Å². The second kappa shape index (κ2) is 3.43. The van der Waals surface area contributed by atoms with Crippen molar-refractivity contribution in [3.8, 4) is 0 Å². The van der Waals surface area contributed by atoms with Crippen LogP contribution in [0.4, 0.5) is 0 Å². The second-order valence-corrected chi connectivity index (χ2v) is 4.48. The molecule has 5 nitrogen and oxygen atoms in total. The van der Waals surface area contributed by atoms with Crippen molar-refractivity contribution in [2.24, 2.45) is 11.8 Å². The molecule has 2 unspecified atom stereocenters. The minimum Gasteiger partial charge on any atom is -0.347 e. The van der Waals surface area contributed by atoms with E-state index in [9.17, 15) is 9.59 Å². The van der Waals surface area contributed by atoms with E-state index in [2.05, 4.69) is 9.97 Å². The van der Waals surface area contributed by atoms with Crippen LogP contribution in [0.3, 0.4) is 0 Å². The molecule has 0 aromatic carbocycles. The molecule has 0 spiro atoms. The number of aromatic nitrogens is 2. The van der Waals surface area contributed by atoms with Gasteiger partial charge < -0.3 is 4.98 Å². The Hall–Kier alpha value is -1.65. The number of H-pyrrole nitrogens is 1. The van der Waals surface area contributed by atoms with Gasteiger partial charge in [0.15, 0.2) is 0 Å². The lowest BCUT2D eigenvalue weighted by Gasteiger charge is -2.14. The predicted molar refractivity (Wildman–Crippen MR) is 55.0 cm³/mol. The summed E-state index contributed by atoms with van der Waals surface area (Å²) in [5.41, 5.74) is 0.807. The fourth-order valence-electron chi connectivity index (χ4n) is 2.76. The van der Waals surface area contributed by atoms with Crippen molar-refractivity contribution in [2.75, 3.05) is 0 Å². The average Bonchev–Trinajstić information content (AvgIpc) is 2.97. The number of amides is 2. The van der Waals surface area contributed by atoms with E-state index in [4.69, 9.17) is 0 Å². The quantitative estimate of drug-likeness (QED) is 0.744. The third-order valence-corrected chi connectivity index (χ3v) is 3.57. The third kappa shape index (κ3) is 1.27. The SMILES string of the molecule is O=C1C2CCCC2C(=O)N1Cc1cnc[nH]1. The number of nitrogens with zero attached hydrogens (tertiary/aromatic N) is 2. The molecule has 2 atom stereocenters. The first kappa shape index (κ1) is 9.57. The summed E-state index contributed by atoms with van der Waals surface area (Å²) in [7, 11) is 0. The van der Waals surface area contributed by atoms with Gasteiger partial charge in [-0.2, -0.15) is 0 Å². The van der Waals surface area contributed by atoms with E-state index in [1.165, 1.54) is 4.90 Å². The molecule has 84 valence electrons. The molecule has 1 aliphatic carbocycles. The highest BCUT2D eigenvalue weighted by Gasteiger charge is 2.49. The lowest BCUT2D eigenvalue weighted by atomic mass is 10.00. The van der Waals surface area contributed by atoms with Crippen molar-refractivity contribution >= 4 is 11.8 Å². The predicted octanol–water partition coefficient (Wildman–Crippen LogP) is 0.695. The van der Waals surface area contributed by atoms with Gasteiger partial charge in [-0.3, -0.25) is 14.5 Å². The van der Waals surface area contributed by atoms with Crippen molar-refractivity contribution in [1.29, 1.82) is 0 Å². The van der Waals surface area contributed by atoms with E-state index in [-0.39, 0.29) is 23.7 Å². The third-order valence-electron chi connectivity index (χ3n) is 3.57. The topological polar surface area (TPSA) is 66.1 Å². The van der Waals surface area contributed by atoms with Crippen molar-refractivity contribution in [1.82, 2.24) is 14.9 Å². The Morgan fingerprint density at radius 1 is 1.31 bits per heavy atom. The maximum Gasteiger partial charge on any atom is 0.233 e. The summed E-state index contributed by atoms with van der Waals surface area (Å²) in [6, 6.07) is 0. The smallest absolute Gasteiger partial charge is 0.233 e. The summed E-state index contributed by atoms with van der Waals surface area (Å²) < 4.78 is 0. The molecule has 1 aliphatic heterocycles. The number of imide groups is 1. The Balaban J connectivity index is 1.81. The standard InChI is InChI=1S/C11H13N3O2/c15-10-8-2-1-3-9(8)11(16)14(10)5-7-4-12-6-13-7/h4,6,8-9H,1-3,5H2,(H,12,13). The van der Waals surface area contributed by atoms with Crippen molar-refractivity contribution in [3.05, 3.63) is 18.2 Å². The molecule has 2 amide bonds. The lowest BCUT2D eigenvalue weighted by Crippen LogP contribution is -2.31. The number of fused-ring (bicyclic) bond motifs is 1. The molecular formula is C11H13N3O2. The van der Waals surface area contributed by atoms with Crippen molar-refractivity contribution in [3.63, 3.8) is 0 Å². The number of likely N-dealkylation sites (tertiary alicyclic amines) is 1. The Morgan fingerprint density at radius 2 is 2.00 bits per heavy atom. The average molecular weight is 219 g/mol. The zero-order valence-corrected chi connectivity index (χ0v) is 8.85. The molecule has 1 aromatic heterocycles. The molecule has 2 fully saturated rings. The molecule has 3 rings (SSSR count). The molecule has 1 saturated heterocycles. The van der Waals surface area contributed by atoms with Gasteiger partial charge in [-0.05, 0) is 12.8 Å². The zero-order chi connectivity index (χ0) is 11.1. The molecule has 0 bridgehead atoms. The van der Waals surface area contributed by atoms with E-state index in [1.807, 2.05) is 0 Å². The largest absolute Gasteiger partial charge is 0.347 e. The molecule has 2 aliphatic rings. The summed E-state index contributed by atoms with van der Waals surface area (Å²) in [5.74, 6) is -0.0879. The Labute approximate surface area is 92.9 Å². The van der Waals surface area contributed by atoms with Gasteiger partial charge >= 0.3 is 0 Å². The molecule has 1 aromatic rings. The molecule has 2 heterocycles. The number of aromatic amines is 1. The van der Waals surface area contributed by atoms with Crippen molar-refractivity contribution < 1.29 is 9.59 Å². The Kier molecular flexibility index (Phi) is 2.05. The molecule has 16 heavy (non-hydrogen) atoms. The van der Waals surface area contributed by atoms with Crippen LogP contribution in [-0.2, 0) is 16.1 Å². The fraction of sp³-hybridized carbons (Fsp3) is 0.545. The van der Waals surface area contributed by atoms with Crippen LogP contribution in [0.2, 0.25) is 0 Å². The summed E-state index contributed by atoms with van der Waals surface area (Å²) in [6.45, 7) is 0.338. The maximum atomic E-state index is 12.0. The molecule has 5 heteroatoms. The normalized spacial score (nSPS) is 28.9. The van der Waals surface area contributed by atoms with Crippen LogP contribution < -0.4 is 0 Å². The van der Waals surface area contributed by atoms with Crippen LogP contribution in [-0.4, -0.2) is 26.7 Å². The highest BCUT2D eigenvalue weighted by atomic mass is 16.2. The number of nitrogens with one attached hydrogen (secondary N) is 1. The monoisotopic (exact) mass is 219 g/mol. The van der Waals surface area contributed by atoms with Crippen LogP contribution in [0.5, 0.6) is 0 Å². The van der Waals surface area contributed by atoms with E-state index >= 15 is 0 Å². The van der Waals surface area contributed by atoms with Crippen LogP contribution in [0.25, 0.3) is 0 Å². The molecule has 1 N–H and O–H groups in total. The van der Waals surface area contributed by atoms with Gasteiger partial charge in [0.25, 0.3) is 0 Å². The van der Waals surface area contributed by atoms with E-state index in [1.54, 1.807) is 12.5 Å². The molecular weight excluding hydrogens is 206 g/mol. The first-order chi connectivity index (χ1) is 7.77. The maximum absolute atomic E-state index is 12.0. The van der Waals surface area contributed by atoms with Crippen LogP contribution >= 0.6 is 0 Å². The molecule has 0 radical (unpaired) electrons. The van der Waals surface area contributed by atoms with Gasteiger partial charge in [0.2, 0.25) is 11.8 Å². The van der Waals surface area contributed by atoms with E-state index in [0.717, 1.165) is 25.0 Å². The number of rotatable bonds is 2. The molecule has 1 saturated carbocycles. The highest BCUT2D eigenvalue weighted by Crippen LogP contribution is 2.40. The summed E-state index contributed by atoms with van der Waals surface area (Å²) in [6.07, 6.45) is 5.95. The Bertz CT molecular complexity index is 404. The second-order valence-electron chi connectivity index (χ2n) is 4.48. The Morgan fingerprint density at radius 3 is 2.56 bits per heavy atom. The number of hydrogen-bond acceptors (Lipinski definition) is 3. The van der Waals surface area contributed by atoms with Gasteiger partial charge in [0, 0.05) is 6.20 Å². The summed E-state index contributed by atoms with van der Waals surface area (Å²) in [4.78, 5) is 32.2. The van der Waals surface area contributed by atoms with Gasteiger partial charge in [-0.15, -0.1) is 0 Å². The van der Waals surface area contributed by atoms with Crippen LogP contribution in [0.15, 0.2) is 12.5 Å². The number of carbonyl (C=O) groups is 2. The first-order valence-electron chi connectivity index (χ1n) is 5.60. The van der Waals surface area contributed by atoms with E-state index in [0.29, 0.717) is 6.54 Å². The summed E-state index contributed by atoms with van der Waals surface area (Å²) in [5, 5.41) is 0. The zero-order valence-electron chi connectivity index (χ0n) is 8.85. The number of carbonyl (C=O) groups excluding carboxylic acids is 2. The van der Waals surface area contributed by atoms with E-state index < -0.39 is 0 Å². The number of hydrogen-bond donors (Lipinski definition) is 1. The van der Waals surface area contributed by atoms with Crippen molar-refractivity contribution in [2.45, 2.75) is 25.8 Å². The minimum absolute atomic E-state index is 0.00194. The van der Waals surface area contributed by atoms with Crippen LogP contribution in [0.1, 0.15) is 25.0 Å². The van der Waals surface area contributed by atoms with Gasteiger partial charge in [0.05, 0.1) is 30.4 Å². The fourth-order valence-corrected chi connectivity index (χ4v) is 2.76. The van der Waals surface area contributed by atoms with Crippen LogP contribution in [0, 0.1) is 11.8 Å². The lowest BCUT2D eigenvalue weighted by molar-refractivity contribution is -0.141.